The predicted molar refractivity (Wildman–Crippen MR) is 34.6 cm³/mol. The zero-order valence-corrected chi connectivity index (χ0v) is 5.25. The van der Waals surface area contributed by atoms with E-state index in [-0.39, 0.29) is 0 Å². The highest BCUT2D eigenvalue weighted by atomic mass is 15.6. The van der Waals surface area contributed by atoms with Crippen LogP contribution in [0.5, 0.6) is 0 Å². The van der Waals surface area contributed by atoms with Crippen LogP contribution in [0, 0.1) is 0 Å². The second kappa shape index (κ2) is 1.83. The molecule has 0 aromatic rings. The molecule has 0 amide bonds. The van der Waals surface area contributed by atoms with Gasteiger partial charge in [-0.05, 0) is 12.8 Å². The zero-order chi connectivity index (χ0) is 6.10. The molecule has 2 aliphatic rings. The van der Waals surface area contributed by atoms with Gasteiger partial charge in [-0.15, -0.1) is 4.68 Å². The predicted octanol–water partition coefficient (Wildman–Crippen LogP) is 0.143. The van der Waals surface area contributed by atoms with Crippen molar-refractivity contribution in [1.29, 1.82) is 0 Å². The molecule has 0 unspecified atom stereocenters. The Hall–Kier alpha value is -0.860. The Morgan fingerprint density at radius 3 is 3.33 bits per heavy atom. The molecular formula is C6H9N3+. The zero-order valence-electron chi connectivity index (χ0n) is 5.25. The normalized spacial score (nSPS) is 24.0. The maximum atomic E-state index is 3.92. The molecule has 3 nitrogen and oxygen atoms in total. The van der Waals surface area contributed by atoms with Crippen LogP contribution in [0.3, 0.4) is 0 Å². The Bertz CT molecular complexity index is 181. The molecule has 47 valence electrons. The van der Waals surface area contributed by atoms with E-state index >= 15 is 0 Å². The van der Waals surface area contributed by atoms with Gasteiger partial charge in [0.25, 0.3) is 0 Å². The standard InChI is InChI=1S/C6H9N3/c1-2-4-9-6(3-1)5-7-8-9/h5H,1-4H2/q+1. The molecule has 0 bridgehead atoms. The highest BCUT2D eigenvalue weighted by molar-refractivity contribution is 6.28. The highest BCUT2D eigenvalue weighted by Gasteiger charge is 2.22. The molecule has 9 heavy (non-hydrogen) atoms. The summed E-state index contributed by atoms with van der Waals surface area (Å²) in [4.78, 5) is 0. The van der Waals surface area contributed by atoms with Gasteiger partial charge in [0.2, 0.25) is 6.21 Å². The highest BCUT2D eigenvalue weighted by Crippen LogP contribution is 2.06. The van der Waals surface area contributed by atoms with Gasteiger partial charge in [0.1, 0.15) is 12.1 Å². The number of rotatable bonds is 0. The molecule has 1 radical (unpaired) electrons. The molecule has 0 aliphatic carbocycles. The van der Waals surface area contributed by atoms with E-state index in [4.69, 9.17) is 0 Å². The van der Waals surface area contributed by atoms with Crippen molar-refractivity contribution in [1.82, 2.24) is 5.53 Å². The van der Waals surface area contributed by atoms with Crippen molar-refractivity contribution in [3.05, 3.63) is 0 Å². The third-order valence-corrected chi connectivity index (χ3v) is 1.75. The first-order valence-corrected chi connectivity index (χ1v) is 3.34. The summed E-state index contributed by atoms with van der Waals surface area (Å²) in [6.07, 6.45) is 5.58. The Balaban J connectivity index is 2.24. The van der Waals surface area contributed by atoms with Gasteiger partial charge in [0, 0.05) is 6.42 Å². The minimum atomic E-state index is 1.06. The van der Waals surface area contributed by atoms with Crippen LogP contribution in [0.15, 0.2) is 5.10 Å². The number of hydrogen-bond donors (Lipinski definition) is 0. The van der Waals surface area contributed by atoms with Crippen LogP contribution in [0.2, 0.25) is 0 Å². The van der Waals surface area contributed by atoms with Gasteiger partial charge in [-0.2, -0.15) is 0 Å². The average molecular weight is 123 g/mol. The third-order valence-electron chi connectivity index (χ3n) is 1.75. The second-order valence-electron chi connectivity index (χ2n) is 2.41. The van der Waals surface area contributed by atoms with Crippen LogP contribution in [0.4, 0.5) is 0 Å². The van der Waals surface area contributed by atoms with Crippen molar-refractivity contribution in [3.8, 4) is 0 Å². The van der Waals surface area contributed by atoms with Crippen LogP contribution in [0.25, 0.3) is 0 Å². The number of nitrogens with zero attached hydrogens (tertiary/aromatic N) is 3. The molecule has 0 N–H and O–H groups in total. The van der Waals surface area contributed by atoms with E-state index in [1.807, 2.05) is 10.9 Å². The molecule has 0 aromatic heterocycles. The SMILES string of the molecule is C1=N[N][N+]2=C1CCCC2. The molecule has 2 heterocycles. The van der Waals surface area contributed by atoms with Gasteiger partial charge in [-0.3, -0.25) is 0 Å². The summed E-state index contributed by atoms with van der Waals surface area (Å²) in [6, 6.07) is 0. The second-order valence-corrected chi connectivity index (χ2v) is 2.41. The van der Waals surface area contributed by atoms with Gasteiger partial charge in [-0.25, -0.2) is 0 Å². The summed E-state index contributed by atoms with van der Waals surface area (Å²) < 4.78 is 1.99. The molecule has 0 fully saturated rings. The Labute approximate surface area is 54.0 Å². The minimum absolute atomic E-state index is 1.06. The lowest BCUT2D eigenvalue weighted by atomic mass is 10.1. The van der Waals surface area contributed by atoms with Crippen LogP contribution < -0.4 is 5.53 Å². The fourth-order valence-electron chi connectivity index (χ4n) is 1.23. The van der Waals surface area contributed by atoms with Crippen molar-refractivity contribution in [2.24, 2.45) is 5.10 Å². The summed E-state index contributed by atoms with van der Waals surface area (Å²) in [5.74, 6) is 0. The van der Waals surface area contributed by atoms with Gasteiger partial charge in [0.15, 0.2) is 5.71 Å². The fourth-order valence-corrected chi connectivity index (χ4v) is 1.23. The maximum Gasteiger partial charge on any atom is 0.212 e. The lowest BCUT2D eigenvalue weighted by molar-refractivity contribution is -0.592. The molecule has 2 aliphatic heterocycles. The van der Waals surface area contributed by atoms with Gasteiger partial charge < -0.3 is 0 Å². The van der Waals surface area contributed by atoms with Crippen LogP contribution in [-0.4, -0.2) is 23.2 Å². The average Bonchev–Trinajstić information content (AvgIpc) is 2.33. The van der Waals surface area contributed by atoms with Crippen molar-refractivity contribution in [2.75, 3.05) is 6.54 Å². The van der Waals surface area contributed by atoms with E-state index in [0.717, 1.165) is 13.0 Å². The van der Waals surface area contributed by atoms with E-state index in [1.165, 1.54) is 18.6 Å². The molecular weight excluding hydrogens is 114 g/mol. The largest absolute Gasteiger partial charge is 0.212 e. The van der Waals surface area contributed by atoms with E-state index in [1.54, 1.807) is 0 Å². The van der Waals surface area contributed by atoms with Crippen LogP contribution >= 0.6 is 0 Å². The minimum Gasteiger partial charge on any atom is -0.130 e. The lowest BCUT2D eigenvalue weighted by Crippen LogP contribution is -2.25. The third kappa shape index (κ3) is 0.724. The summed E-state index contributed by atoms with van der Waals surface area (Å²) in [7, 11) is 0. The number of hydrogen-bond acceptors (Lipinski definition) is 1. The summed E-state index contributed by atoms with van der Waals surface area (Å²) >= 11 is 0. The maximum absolute atomic E-state index is 3.92. The van der Waals surface area contributed by atoms with Gasteiger partial charge >= 0.3 is 0 Å². The summed E-state index contributed by atoms with van der Waals surface area (Å²) in [6.45, 7) is 1.06. The van der Waals surface area contributed by atoms with Gasteiger partial charge in [-0.1, -0.05) is 0 Å². The van der Waals surface area contributed by atoms with Gasteiger partial charge in [0.05, 0.1) is 5.10 Å². The molecule has 0 saturated carbocycles. The molecule has 0 atom stereocenters. The first-order valence-electron chi connectivity index (χ1n) is 3.34. The van der Waals surface area contributed by atoms with Crippen molar-refractivity contribution < 1.29 is 4.68 Å². The van der Waals surface area contributed by atoms with Crippen molar-refractivity contribution >= 4 is 11.9 Å². The summed E-state index contributed by atoms with van der Waals surface area (Å²) in [5.41, 5.74) is 5.22. The van der Waals surface area contributed by atoms with Crippen molar-refractivity contribution in [2.45, 2.75) is 19.3 Å². The molecule has 2 rings (SSSR count). The Morgan fingerprint density at radius 1 is 1.44 bits per heavy atom. The smallest absolute Gasteiger partial charge is 0.130 e. The van der Waals surface area contributed by atoms with E-state index < -0.39 is 0 Å². The topological polar surface area (TPSA) is 29.5 Å². The Morgan fingerprint density at radius 2 is 2.44 bits per heavy atom. The molecule has 0 saturated heterocycles. The van der Waals surface area contributed by atoms with E-state index in [2.05, 4.69) is 10.6 Å². The quantitative estimate of drug-likeness (QED) is 0.410. The Kier molecular flexibility index (Phi) is 1.01. The van der Waals surface area contributed by atoms with E-state index in [9.17, 15) is 0 Å². The molecule has 0 spiro atoms. The lowest BCUT2D eigenvalue weighted by Gasteiger charge is -2.05. The van der Waals surface area contributed by atoms with E-state index in [0.29, 0.717) is 0 Å². The monoisotopic (exact) mass is 123 g/mol. The first kappa shape index (κ1) is 4.97. The molecule has 0 aromatic carbocycles. The first-order chi connectivity index (χ1) is 4.47. The summed E-state index contributed by atoms with van der Waals surface area (Å²) in [5, 5.41) is 3.82. The molecule has 3 heteroatoms. The van der Waals surface area contributed by atoms with Crippen molar-refractivity contribution in [3.63, 3.8) is 0 Å². The van der Waals surface area contributed by atoms with Crippen LogP contribution in [0.1, 0.15) is 19.3 Å². The van der Waals surface area contributed by atoms with Crippen LogP contribution in [-0.2, 0) is 0 Å². The fraction of sp³-hybridized carbons (Fsp3) is 0.667.